The number of nitrogens with zero attached hydrogens (tertiary/aromatic N) is 2. The molecule has 2 heterocycles. The molecule has 1 N–H and O–H groups in total. The normalized spacial score (nSPS) is 15.4. The first-order valence-corrected chi connectivity index (χ1v) is 17.9. The predicted octanol–water partition coefficient (Wildman–Crippen LogP) is 6.18. The van der Waals surface area contributed by atoms with E-state index < -0.39 is 31.2 Å². The maximum absolute atomic E-state index is 11.7. The largest absolute Gasteiger partial charge is 0.748 e. The van der Waals surface area contributed by atoms with E-state index in [-0.39, 0.29) is 25.9 Å². The lowest BCUT2D eigenvalue weighted by Gasteiger charge is -2.18. The summed E-state index contributed by atoms with van der Waals surface area (Å²) in [5.74, 6) is 1.03. The van der Waals surface area contributed by atoms with Crippen LogP contribution in [0.25, 0.3) is 28.3 Å². The minimum absolute atomic E-state index is 0.0881. The fourth-order valence-electron chi connectivity index (χ4n) is 5.08. The molecule has 45 heavy (non-hydrogen) atoms. The van der Waals surface area contributed by atoms with Crippen molar-refractivity contribution in [2.45, 2.75) is 44.9 Å². The molecular weight excluding hydrogens is 640 g/mol. The summed E-state index contributed by atoms with van der Waals surface area (Å²) in [6.07, 6.45) is 4.44. The summed E-state index contributed by atoms with van der Waals surface area (Å²) < 4.78 is 81.3. The van der Waals surface area contributed by atoms with Crippen molar-refractivity contribution in [1.29, 1.82) is 0 Å². The van der Waals surface area contributed by atoms with Gasteiger partial charge in [-0.15, -0.1) is 0 Å². The van der Waals surface area contributed by atoms with E-state index in [1.54, 1.807) is 23.1 Å². The maximum atomic E-state index is 11.7. The Balaban J connectivity index is 1.55. The number of rotatable bonds is 12. The monoisotopic (exact) mass is 672 g/mol. The van der Waals surface area contributed by atoms with E-state index in [4.69, 9.17) is 20.8 Å². The summed E-state index contributed by atoms with van der Waals surface area (Å²) in [6.45, 7) is 3.81. The number of fused-ring (bicyclic) bond motifs is 2. The molecule has 0 amide bonds. The lowest BCUT2D eigenvalue weighted by molar-refractivity contribution is -0.678. The summed E-state index contributed by atoms with van der Waals surface area (Å²) in [6, 6.07) is 20.8. The Morgan fingerprint density at radius 1 is 1.07 bits per heavy atom. The van der Waals surface area contributed by atoms with Gasteiger partial charge in [-0.05, 0) is 60.7 Å². The molecule has 4 aromatic rings. The molecule has 1 aliphatic rings. The average molecular weight is 673 g/mol. The maximum Gasteiger partial charge on any atom is 0.374 e. The fourth-order valence-corrected chi connectivity index (χ4v) is 6.14. The van der Waals surface area contributed by atoms with Crippen molar-refractivity contribution in [3.05, 3.63) is 95.2 Å². The molecule has 0 bridgehead atoms. The SMILES string of the molecule is CCC(=C/c1oc2ccc(-c3ccccc3)cc2[n+]1CCC(C)S(=O)(=O)[O-])/C=C1\Oc2ccc(Cl)cc2N1CCCS(=O)(=O)O. The molecule has 10 nitrogen and oxygen atoms in total. The highest BCUT2D eigenvalue weighted by Crippen LogP contribution is 2.41. The first kappa shape index (κ1) is 32.7. The molecule has 13 heteroatoms. The molecule has 1 unspecified atom stereocenters. The highest BCUT2D eigenvalue weighted by Gasteiger charge is 2.28. The Morgan fingerprint density at radius 2 is 1.82 bits per heavy atom. The van der Waals surface area contributed by atoms with Gasteiger partial charge in [-0.2, -0.15) is 13.0 Å². The number of hydrogen-bond donors (Lipinski definition) is 1. The third kappa shape index (κ3) is 7.95. The molecule has 0 saturated heterocycles. The van der Waals surface area contributed by atoms with Gasteiger partial charge in [0, 0.05) is 30.1 Å². The third-order valence-electron chi connectivity index (χ3n) is 7.59. The van der Waals surface area contributed by atoms with Gasteiger partial charge in [0.15, 0.2) is 12.3 Å². The first-order chi connectivity index (χ1) is 21.3. The van der Waals surface area contributed by atoms with Gasteiger partial charge >= 0.3 is 5.89 Å². The van der Waals surface area contributed by atoms with Gasteiger partial charge in [0.2, 0.25) is 11.5 Å². The van der Waals surface area contributed by atoms with Crippen molar-refractivity contribution in [3.8, 4) is 16.9 Å². The summed E-state index contributed by atoms with van der Waals surface area (Å²) in [5, 5.41) is -0.609. The highest BCUT2D eigenvalue weighted by molar-refractivity contribution is 7.86. The van der Waals surface area contributed by atoms with Crippen LogP contribution in [0, 0.1) is 0 Å². The molecule has 1 aliphatic heterocycles. The number of aryl methyl sites for hydroxylation is 1. The highest BCUT2D eigenvalue weighted by atomic mass is 35.5. The molecule has 238 valence electrons. The molecule has 5 rings (SSSR count). The predicted molar refractivity (Wildman–Crippen MR) is 172 cm³/mol. The van der Waals surface area contributed by atoms with Gasteiger partial charge in [-0.25, -0.2) is 8.42 Å². The quantitative estimate of drug-likeness (QED) is 0.138. The third-order valence-corrected chi connectivity index (χ3v) is 9.85. The van der Waals surface area contributed by atoms with Gasteiger partial charge in [0.25, 0.3) is 15.6 Å². The van der Waals surface area contributed by atoms with Gasteiger partial charge in [0.1, 0.15) is 0 Å². The van der Waals surface area contributed by atoms with E-state index in [2.05, 4.69) is 0 Å². The Kier molecular flexibility index (Phi) is 9.71. The zero-order valence-electron chi connectivity index (χ0n) is 24.7. The summed E-state index contributed by atoms with van der Waals surface area (Å²) in [4.78, 5) is 1.80. The van der Waals surface area contributed by atoms with Gasteiger partial charge in [-0.3, -0.25) is 4.55 Å². The van der Waals surface area contributed by atoms with E-state index in [1.165, 1.54) is 6.92 Å². The van der Waals surface area contributed by atoms with Gasteiger partial charge in [-0.1, -0.05) is 54.9 Å². The second-order valence-electron chi connectivity index (χ2n) is 10.8. The van der Waals surface area contributed by atoms with Crippen LogP contribution in [-0.4, -0.2) is 43.5 Å². The second kappa shape index (κ2) is 13.4. The number of allylic oxidation sites excluding steroid dienone is 2. The van der Waals surface area contributed by atoms with E-state index in [9.17, 15) is 25.9 Å². The number of anilines is 1. The molecule has 1 aromatic heterocycles. The number of ether oxygens (including phenoxy) is 1. The van der Waals surface area contributed by atoms with Crippen LogP contribution in [0.5, 0.6) is 5.75 Å². The summed E-state index contributed by atoms with van der Waals surface area (Å²) in [7, 11) is -8.62. The first-order valence-electron chi connectivity index (χ1n) is 14.4. The molecular formula is C32H33ClN2O8S2. The standard InChI is InChI=1S/C32H33ClN2O8S2/c1-3-23(18-31-34(15-7-17-44(36,37)38)28-21-26(33)11-13-30(28)43-31)19-32-35(16-14-22(2)45(39,40)41)27-20-25(10-12-29(27)42-32)24-8-5-4-6-9-24/h4-6,8-13,18-22H,3,7,14-17H2,1-2H3,(H-,36,37,38,39,40,41). The minimum atomic E-state index is -4.47. The Hall–Kier alpha value is -3.68. The van der Waals surface area contributed by atoms with Crippen LogP contribution in [0.15, 0.2) is 88.7 Å². The average Bonchev–Trinajstić information content (AvgIpc) is 3.50. The number of hydrogen-bond acceptors (Lipinski definition) is 8. The summed E-state index contributed by atoms with van der Waals surface area (Å²) >= 11 is 6.25. The minimum Gasteiger partial charge on any atom is -0.748 e. The molecule has 0 radical (unpaired) electrons. The topological polar surface area (TPSA) is 141 Å². The Morgan fingerprint density at radius 3 is 2.51 bits per heavy atom. The molecule has 0 spiro atoms. The lowest BCUT2D eigenvalue weighted by Crippen LogP contribution is -2.37. The summed E-state index contributed by atoms with van der Waals surface area (Å²) in [5.41, 5.74) is 4.75. The smallest absolute Gasteiger partial charge is 0.374 e. The zero-order valence-corrected chi connectivity index (χ0v) is 27.1. The molecule has 0 fully saturated rings. The van der Waals surface area contributed by atoms with Crippen LogP contribution in [-0.2, 0) is 26.8 Å². The molecule has 3 aromatic carbocycles. The van der Waals surface area contributed by atoms with Crippen molar-refractivity contribution in [3.63, 3.8) is 0 Å². The van der Waals surface area contributed by atoms with Crippen LogP contribution in [0.1, 0.15) is 39.0 Å². The Bertz CT molecular complexity index is 1990. The molecule has 0 aliphatic carbocycles. The zero-order chi connectivity index (χ0) is 32.4. The van der Waals surface area contributed by atoms with Crippen molar-refractivity contribution in [2.75, 3.05) is 17.2 Å². The van der Waals surface area contributed by atoms with E-state index in [1.807, 2.05) is 72.2 Å². The molecule has 0 saturated carbocycles. The number of aromatic nitrogens is 1. The molecule has 1 atom stereocenters. The lowest BCUT2D eigenvalue weighted by atomic mass is 10.1. The van der Waals surface area contributed by atoms with Crippen molar-refractivity contribution >= 4 is 54.7 Å². The number of benzene rings is 3. The number of halogens is 1. The van der Waals surface area contributed by atoms with Crippen molar-refractivity contribution < 1.29 is 39.7 Å². The van der Waals surface area contributed by atoms with Gasteiger partial charge in [0.05, 0.1) is 32.9 Å². The van der Waals surface area contributed by atoms with Crippen LogP contribution in [0.2, 0.25) is 5.02 Å². The van der Waals surface area contributed by atoms with Crippen LogP contribution < -0.4 is 14.2 Å². The Labute approximate surface area is 267 Å². The van der Waals surface area contributed by atoms with Crippen LogP contribution >= 0.6 is 11.6 Å². The van der Waals surface area contributed by atoms with Crippen molar-refractivity contribution in [2.24, 2.45) is 0 Å². The van der Waals surface area contributed by atoms with Gasteiger partial charge < -0.3 is 18.6 Å². The van der Waals surface area contributed by atoms with Crippen LogP contribution in [0.4, 0.5) is 5.69 Å². The van der Waals surface area contributed by atoms with Crippen molar-refractivity contribution in [1.82, 2.24) is 0 Å². The van der Waals surface area contributed by atoms with E-state index in [0.717, 1.165) is 22.2 Å². The number of oxazole rings is 1. The fraction of sp³-hybridized carbons (Fsp3) is 0.281. The van der Waals surface area contributed by atoms with Crippen LogP contribution in [0.3, 0.4) is 0 Å². The van der Waals surface area contributed by atoms with E-state index >= 15 is 0 Å². The second-order valence-corrected chi connectivity index (χ2v) is 14.6. The van der Waals surface area contributed by atoms with E-state index in [0.29, 0.717) is 40.2 Å².